The molecule has 0 bridgehead atoms. The molecular formula is C21H22F4N2O2. The molecule has 0 aromatic heterocycles. The number of hydrogen-bond donors (Lipinski definition) is 1. The van der Waals surface area contributed by atoms with E-state index in [1.165, 1.54) is 31.4 Å². The molecule has 2 fully saturated rings. The summed E-state index contributed by atoms with van der Waals surface area (Å²) >= 11 is 0. The predicted octanol–water partition coefficient (Wildman–Crippen LogP) is 4.09. The topological polar surface area (TPSA) is 33.7 Å². The number of alkyl halides is 3. The second kappa shape index (κ2) is 7.84. The van der Waals surface area contributed by atoms with Gasteiger partial charge < -0.3 is 19.7 Å². The monoisotopic (exact) mass is 410 g/mol. The molecule has 2 aromatic rings. The Balaban J connectivity index is 1.73. The fourth-order valence-electron chi connectivity index (χ4n) is 4.13. The standard InChI is InChI=1S/C21H22F4N2O2/c1-28-19-10-15(13-3-2-4-14(9-13)21(23,24)25)16(22)11-18(19)27-7-8-29-20-12-26-6-5-17(20)27/h2-4,9-11,17,20,26H,5-8,12H2,1H3/t17-,20-/m0/s1. The number of nitrogens with one attached hydrogen (secondary N) is 1. The molecule has 0 amide bonds. The Morgan fingerprint density at radius 1 is 1.21 bits per heavy atom. The van der Waals surface area contributed by atoms with Crippen molar-refractivity contribution in [3.63, 3.8) is 0 Å². The lowest BCUT2D eigenvalue weighted by atomic mass is 9.97. The third kappa shape index (κ3) is 3.91. The lowest BCUT2D eigenvalue weighted by Gasteiger charge is -2.45. The van der Waals surface area contributed by atoms with Crippen LogP contribution < -0.4 is 15.0 Å². The van der Waals surface area contributed by atoms with E-state index in [4.69, 9.17) is 9.47 Å². The molecule has 0 unspecified atom stereocenters. The maximum absolute atomic E-state index is 15.1. The predicted molar refractivity (Wildman–Crippen MR) is 102 cm³/mol. The van der Waals surface area contributed by atoms with Crippen molar-refractivity contribution in [3.8, 4) is 16.9 Å². The van der Waals surface area contributed by atoms with Crippen molar-refractivity contribution in [2.75, 3.05) is 38.3 Å². The second-order valence-electron chi connectivity index (χ2n) is 7.25. The number of benzene rings is 2. The van der Waals surface area contributed by atoms with Crippen LogP contribution in [0.5, 0.6) is 5.75 Å². The molecule has 29 heavy (non-hydrogen) atoms. The maximum atomic E-state index is 15.1. The van der Waals surface area contributed by atoms with Crippen molar-refractivity contribution in [1.29, 1.82) is 0 Å². The molecule has 0 aliphatic carbocycles. The number of nitrogens with zero attached hydrogens (tertiary/aromatic N) is 1. The van der Waals surface area contributed by atoms with Gasteiger partial charge in [0.2, 0.25) is 0 Å². The van der Waals surface area contributed by atoms with Crippen molar-refractivity contribution >= 4 is 5.69 Å². The van der Waals surface area contributed by atoms with Gasteiger partial charge in [-0.1, -0.05) is 12.1 Å². The van der Waals surface area contributed by atoms with Gasteiger partial charge in [-0.05, 0) is 36.7 Å². The van der Waals surface area contributed by atoms with Crippen LogP contribution in [0.3, 0.4) is 0 Å². The smallest absolute Gasteiger partial charge is 0.416 e. The van der Waals surface area contributed by atoms with Crippen molar-refractivity contribution in [3.05, 3.63) is 47.8 Å². The molecule has 156 valence electrons. The number of methoxy groups -OCH3 is 1. The van der Waals surface area contributed by atoms with Crippen LogP contribution in [0.4, 0.5) is 23.2 Å². The molecule has 4 rings (SSSR count). The van der Waals surface area contributed by atoms with Crippen LogP contribution in [0.25, 0.3) is 11.1 Å². The maximum Gasteiger partial charge on any atom is 0.416 e. The van der Waals surface area contributed by atoms with Gasteiger partial charge in [0.05, 0.1) is 37.1 Å². The second-order valence-corrected chi connectivity index (χ2v) is 7.25. The van der Waals surface area contributed by atoms with Crippen molar-refractivity contribution < 1.29 is 27.0 Å². The van der Waals surface area contributed by atoms with Gasteiger partial charge in [-0.15, -0.1) is 0 Å². The Hall–Kier alpha value is -2.32. The van der Waals surface area contributed by atoms with Gasteiger partial charge in [0.25, 0.3) is 0 Å². The van der Waals surface area contributed by atoms with E-state index in [1.807, 2.05) is 0 Å². The summed E-state index contributed by atoms with van der Waals surface area (Å²) in [5.41, 5.74) is 0.0137. The highest BCUT2D eigenvalue weighted by Gasteiger charge is 2.36. The summed E-state index contributed by atoms with van der Waals surface area (Å²) in [7, 11) is 1.48. The number of morpholine rings is 1. The van der Waals surface area contributed by atoms with Crippen LogP contribution >= 0.6 is 0 Å². The Bertz CT molecular complexity index is 885. The van der Waals surface area contributed by atoms with Gasteiger partial charge in [-0.2, -0.15) is 13.2 Å². The summed E-state index contributed by atoms with van der Waals surface area (Å²) in [4.78, 5) is 2.09. The van der Waals surface area contributed by atoms with Crippen molar-refractivity contribution in [2.45, 2.75) is 24.7 Å². The molecule has 8 heteroatoms. The van der Waals surface area contributed by atoms with Gasteiger partial charge >= 0.3 is 6.18 Å². The van der Waals surface area contributed by atoms with Crippen LogP contribution in [0.1, 0.15) is 12.0 Å². The minimum atomic E-state index is -4.49. The Morgan fingerprint density at radius 2 is 2.03 bits per heavy atom. The van der Waals surface area contributed by atoms with Crippen LogP contribution in [-0.2, 0) is 10.9 Å². The third-order valence-electron chi connectivity index (χ3n) is 5.53. The summed E-state index contributed by atoms with van der Waals surface area (Å²) in [5.74, 6) is -0.157. The first-order chi connectivity index (χ1) is 13.9. The van der Waals surface area contributed by atoms with E-state index in [0.29, 0.717) is 24.6 Å². The van der Waals surface area contributed by atoms with E-state index >= 15 is 4.39 Å². The number of hydrogen-bond acceptors (Lipinski definition) is 4. The quantitative estimate of drug-likeness (QED) is 0.773. The van der Waals surface area contributed by atoms with E-state index in [0.717, 1.165) is 31.6 Å². The zero-order valence-corrected chi connectivity index (χ0v) is 15.9. The summed E-state index contributed by atoms with van der Waals surface area (Å²) < 4.78 is 65.5. The lowest BCUT2D eigenvalue weighted by molar-refractivity contribution is -0.137. The number of fused-ring (bicyclic) bond motifs is 1. The van der Waals surface area contributed by atoms with Gasteiger partial charge in [-0.3, -0.25) is 0 Å². The zero-order chi connectivity index (χ0) is 20.6. The molecule has 2 aliphatic rings. The summed E-state index contributed by atoms with van der Waals surface area (Å²) in [5, 5.41) is 3.30. The number of anilines is 1. The highest BCUT2D eigenvalue weighted by atomic mass is 19.4. The molecule has 2 saturated heterocycles. The minimum Gasteiger partial charge on any atom is -0.495 e. The highest BCUT2D eigenvalue weighted by molar-refractivity contribution is 5.73. The van der Waals surface area contributed by atoms with Crippen molar-refractivity contribution in [1.82, 2.24) is 5.32 Å². The molecule has 0 saturated carbocycles. The van der Waals surface area contributed by atoms with Gasteiger partial charge in [0.1, 0.15) is 11.6 Å². The normalized spacial score (nSPS) is 22.3. The van der Waals surface area contributed by atoms with E-state index in [2.05, 4.69) is 10.2 Å². The molecule has 2 heterocycles. The first kappa shape index (κ1) is 20.0. The van der Waals surface area contributed by atoms with Crippen molar-refractivity contribution in [2.24, 2.45) is 0 Å². The van der Waals surface area contributed by atoms with Gasteiger partial charge in [-0.25, -0.2) is 4.39 Å². The van der Waals surface area contributed by atoms with E-state index in [-0.39, 0.29) is 23.3 Å². The molecule has 2 aliphatic heterocycles. The first-order valence-corrected chi connectivity index (χ1v) is 9.52. The van der Waals surface area contributed by atoms with Gasteiger partial charge in [0.15, 0.2) is 0 Å². The largest absolute Gasteiger partial charge is 0.495 e. The molecule has 0 spiro atoms. The average molecular weight is 410 g/mol. The zero-order valence-electron chi connectivity index (χ0n) is 15.9. The highest BCUT2D eigenvalue weighted by Crippen LogP contribution is 2.40. The Kier molecular flexibility index (Phi) is 5.40. The summed E-state index contributed by atoms with van der Waals surface area (Å²) in [6, 6.07) is 7.60. The first-order valence-electron chi connectivity index (χ1n) is 9.52. The van der Waals surface area contributed by atoms with Crippen LogP contribution in [0.2, 0.25) is 0 Å². The SMILES string of the molecule is COc1cc(-c2cccc(C(F)(F)F)c2)c(F)cc1N1CCO[C@H]2CNCC[C@@H]21. The molecule has 4 nitrogen and oxygen atoms in total. The Labute approximate surface area is 166 Å². The number of halogens is 4. The molecule has 2 aromatic carbocycles. The van der Waals surface area contributed by atoms with Crippen LogP contribution in [-0.4, -0.2) is 45.5 Å². The fraction of sp³-hybridized carbons (Fsp3) is 0.429. The summed E-state index contributed by atoms with van der Waals surface area (Å²) in [6.45, 7) is 2.69. The molecular weight excluding hydrogens is 388 g/mol. The van der Waals surface area contributed by atoms with Crippen LogP contribution in [0.15, 0.2) is 36.4 Å². The fourth-order valence-corrected chi connectivity index (χ4v) is 4.13. The summed E-state index contributed by atoms with van der Waals surface area (Å²) in [6.07, 6.45) is -3.63. The molecule has 0 radical (unpaired) electrons. The number of piperidine rings is 1. The van der Waals surface area contributed by atoms with E-state index in [9.17, 15) is 13.2 Å². The van der Waals surface area contributed by atoms with Gasteiger partial charge in [0, 0.05) is 24.7 Å². The van der Waals surface area contributed by atoms with E-state index in [1.54, 1.807) is 0 Å². The Morgan fingerprint density at radius 3 is 2.79 bits per heavy atom. The number of rotatable bonds is 3. The average Bonchev–Trinajstić information content (AvgIpc) is 2.72. The number of ether oxygens (including phenoxy) is 2. The molecule has 2 atom stereocenters. The third-order valence-corrected chi connectivity index (χ3v) is 5.53. The minimum absolute atomic E-state index is 0.00779. The lowest BCUT2D eigenvalue weighted by Crippen LogP contribution is -2.58. The van der Waals surface area contributed by atoms with Crippen LogP contribution in [0, 0.1) is 5.82 Å². The molecule has 1 N–H and O–H groups in total. The van der Waals surface area contributed by atoms with E-state index < -0.39 is 17.6 Å².